The van der Waals surface area contributed by atoms with Gasteiger partial charge in [-0.1, -0.05) is 57.2 Å². The molecule has 144 valence electrons. The van der Waals surface area contributed by atoms with Crippen LogP contribution in [0, 0.1) is 0 Å². The number of esters is 2. The van der Waals surface area contributed by atoms with Crippen molar-refractivity contribution >= 4 is 23.7 Å². The summed E-state index contributed by atoms with van der Waals surface area (Å²) in [4.78, 5) is 24.5. The normalized spacial score (nSPS) is 12.1. The van der Waals surface area contributed by atoms with Gasteiger partial charge in [0.1, 0.15) is 6.10 Å². The standard InChI is InChI=1S/C21H30O4S/c1-3-4-5-6-7-9-12-18(15-16-20(22)24-2)25-21(23)17-26-19-13-10-8-11-14-19/h8,10-11,13-16,18H,3-7,9,12,17H2,1-2H3/b16-15+/t18-/m0/s1. The molecule has 26 heavy (non-hydrogen) atoms. The highest BCUT2D eigenvalue weighted by atomic mass is 32.2. The lowest BCUT2D eigenvalue weighted by Gasteiger charge is -2.14. The van der Waals surface area contributed by atoms with Crippen LogP contribution in [0.4, 0.5) is 0 Å². The van der Waals surface area contributed by atoms with Gasteiger partial charge >= 0.3 is 11.9 Å². The zero-order chi connectivity index (χ0) is 19.0. The minimum Gasteiger partial charge on any atom is -0.466 e. The summed E-state index contributed by atoms with van der Waals surface area (Å²) >= 11 is 1.45. The fourth-order valence-electron chi connectivity index (χ4n) is 2.44. The molecule has 0 heterocycles. The van der Waals surface area contributed by atoms with Crippen molar-refractivity contribution in [2.24, 2.45) is 0 Å². The molecule has 0 fully saturated rings. The fourth-order valence-corrected chi connectivity index (χ4v) is 3.14. The van der Waals surface area contributed by atoms with E-state index in [1.807, 2.05) is 30.3 Å². The molecule has 1 aromatic rings. The number of hydrogen-bond acceptors (Lipinski definition) is 5. The summed E-state index contributed by atoms with van der Waals surface area (Å²) in [6, 6.07) is 9.74. The average molecular weight is 379 g/mol. The van der Waals surface area contributed by atoms with E-state index in [-0.39, 0.29) is 17.8 Å². The Morgan fingerprint density at radius 2 is 1.77 bits per heavy atom. The molecule has 1 rings (SSSR count). The van der Waals surface area contributed by atoms with Gasteiger partial charge in [-0.05, 0) is 31.1 Å². The first-order valence-electron chi connectivity index (χ1n) is 9.29. The van der Waals surface area contributed by atoms with Crippen LogP contribution in [0.1, 0.15) is 51.9 Å². The molecular formula is C21H30O4S. The highest BCUT2D eigenvalue weighted by Gasteiger charge is 2.12. The quantitative estimate of drug-likeness (QED) is 0.205. The van der Waals surface area contributed by atoms with Crippen molar-refractivity contribution in [3.63, 3.8) is 0 Å². The Morgan fingerprint density at radius 3 is 2.46 bits per heavy atom. The molecule has 0 N–H and O–H groups in total. The molecule has 0 bridgehead atoms. The number of unbranched alkanes of at least 4 members (excludes halogenated alkanes) is 5. The van der Waals surface area contributed by atoms with Gasteiger partial charge in [0.2, 0.25) is 0 Å². The van der Waals surface area contributed by atoms with Crippen LogP contribution in [0.5, 0.6) is 0 Å². The maximum Gasteiger partial charge on any atom is 0.330 e. The van der Waals surface area contributed by atoms with Crippen LogP contribution in [0.15, 0.2) is 47.4 Å². The van der Waals surface area contributed by atoms with Gasteiger partial charge < -0.3 is 9.47 Å². The smallest absolute Gasteiger partial charge is 0.330 e. The van der Waals surface area contributed by atoms with Gasteiger partial charge in [-0.2, -0.15) is 0 Å². The first kappa shape index (κ1) is 22.3. The Labute approximate surface area is 161 Å². The molecule has 0 spiro atoms. The van der Waals surface area contributed by atoms with Crippen molar-refractivity contribution in [1.29, 1.82) is 0 Å². The molecule has 0 saturated carbocycles. The molecule has 0 aliphatic rings. The van der Waals surface area contributed by atoms with Gasteiger partial charge in [-0.25, -0.2) is 4.79 Å². The number of rotatable bonds is 13. The average Bonchev–Trinajstić information content (AvgIpc) is 2.67. The van der Waals surface area contributed by atoms with Crippen molar-refractivity contribution in [1.82, 2.24) is 0 Å². The monoisotopic (exact) mass is 378 g/mol. The van der Waals surface area contributed by atoms with Crippen LogP contribution in [-0.2, 0) is 19.1 Å². The Hall–Kier alpha value is -1.75. The van der Waals surface area contributed by atoms with Crippen molar-refractivity contribution in [3.8, 4) is 0 Å². The van der Waals surface area contributed by atoms with E-state index in [0.717, 1.165) is 24.2 Å². The fraction of sp³-hybridized carbons (Fsp3) is 0.524. The number of carbonyl (C=O) groups excluding carboxylic acids is 2. The largest absolute Gasteiger partial charge is 0.466 e. The molecule has 1 atom stereocenters. The summed E-state index contributed by atoms with van der Waals surface area (Å²) < 4.78 is 10.2. The second-order valence-corrected chi connectivity index (χ2v) is 7.12. The Bertz CT molecular complexity index is 542. The van der Waals surface area contributed by atoms with Crippen LogP contribution < -0.4 is 0 Å². The van der Waals surface area contributed by atoms with E-state index < -0.39 is 5.97 Å². The number of carbonyl (C=O) groups is 2. The summed E-state index contributed by atoms with van der Waals surface area (Å²) in [6.45, 7) is 2.19. The lowest BCUT2D eigenvalue weighted by molar-refractivity contribution is -0.144. The molecule has 0 aromatic heterocycles. The summed E-state index contributed by atoms with van der Waals surface area (Å²) in [7, 11) is 1.33. The van der Waals surface area contributed by atoms with E-state index >= 15 is 0 Å². The molecule has 0 aliphatic carbocycles. The maximum atomic E-state index is 12.1. The number of hydrogen-bond donors (Lipinski definition) is 0. The molecule has 0 amide bonds. The highest BCUT2D eigenvalue weighted by Crippen LogP contribution is 2.18. The van der Waals surface area contributed by atoms with Crippen LogP contribution in [0.2, 0.25) is 0 Å². The van der Waals surface area contributed by atoms with E-state index in [0.29, 0.717) is 0 Å². The Kier molecular flexibility index (Phi) is 12.4. The Balaban J connectivity index is 2.42. The highest BCUT2D eigenvalue weighted by molar-refractivity contribution is 8.00. The third-order valence-corrected chi connectivity index (χ3v) is 4.86. The van der Waals surface area contributed by atoms with Crippen LogP contribution >= 0.6 is 11.8 Å². The first-order chi connectivity index (χ1) is 12.7. The van der Waals surface area contributed by atoms with Crippen molar-refractivity contribution < 1.29 is 19.1 Å². The zero-order valence-electron chi connectivity index (χ0n) is 15.8. The van der Waals surface area contributed by atoms with E-state index in [1.165, 1.54) is 50.6 Å². The summed E-state index contributed by atoms with van der Waals surface area (Å²) in [5, 5.41) is 0. The maximum absolute atomic E-state index is 12.1. The summed E-state index contributed by atoms with van der Waals surface area (Å²) in [5.74, 6) is -0.458. The van der Waals surface area contributed by atoms with Crippen LogP contribution in [0.3, 0.4) is 0 Å². The summed E-state index contributed by atoms with van der Waals surface area (Å²) in [5.41, 5.74) is 0. The summed E-state index contributed by atoms with van der Waals surface area (Å²) in [6.07, 6.45) is 10.3. The predicted molar refractivity (Wildman–Crippen MR) is 106 cm³/mol. The van der Waals surface area contributed by atoms with Gasteiger partial charge in [-0.3, -0.25) is 4.79 Å². The molecule has 1 aromatic carbocycles. The molecule has 0 radical (unpaired) electrons. The molecule has 0 aliphatic heterocycles. The van der Waals surface area contributed by atoms with Gasteiger partial charge in [0, 0.05) is 11.0 Å². The van der Waals surface area contributed by atoms with Gasteiger partial charge in [-0.15, -0.1) is 11.8 Å². The lowest BCUT2D eigenvalue weighted by Crippen LogP contribution is -2.18. The minimum atomic E-state index is -0.437. The van der Waals surface area contributed by atoms with Crippen molar-refractivity contribution in [3.05, 3.63) is 42.5 Å². The number of thioether (sulfide) groups is 1. The molecular weight excluding hydrogens is 348 g/mol. The first-order valence-corrected chi connectivity index (χ1v) is 10.3. The second kappa shape index (κ2) is 14.4. The van der Waals surface area contributed by atoms with E-state index in [1.54, 1.807) is 6.08 Å². The third-order valence-electron chi connectivity index (χ3n) is 3.87. The predicted octanol–water partition coefficient (Wildman–Crippen LogP) is 5.17. The third kappa shape index (κ3) is 11.0. The molecule has 0 saturated heterocycles. The van der Waals surface area contributed by atoms with Crippen LogP contribution in [-0.4, -0.2) is 30.9 Å². The van der Waals surface area contributed by atoms with Gasteiger partial charge in [0.05, 0.1) is 12.9 Å². The van der Waals surface area contributed by atoms with E-state index in [2.05, 4.69) is 11.7 Å². The molecule has 5 heteroatoms. The van der Waals surface area contributed by atoms with Crippen molar-refractivity contribution in [2.45, 2.75) is 62.9 Å². The number of ether oxygens (including phenoxy) is 2. The van der Waals surface area contributed by atoms with E-state index in [9.17, 15) is 9.59 Å². The van der Waals surface area contributed by atoms with Gasteiger partial charge in [0.15, 0.2) is 0 Å². The van der Waals surface area contributed by atoms with E-state index in [4.69, 9.17) is 4.74 Å². The Morgan fingerprint density at radius 1 is 1.08 bits per heavy atom. The van der Waals surface area contributed by atoms with Gasteiger partial charge in [0.25, 0.3) is 0 Å². The molecule has 0 unspecified atom stereocenters. The van der Waals surface area contributed by atoms with Crippen molar-refractivity contribution in [2.75, 3.05) is 12.9 Å². The number of benzene rings is 1. The SMILES string of the molecule is CCCCCCCC[C@@H](/C=C/C(=O)OC)OC(=O)CSc1ccccc1. The topological polar surface area (TPSA) is 52.6 Å². The second-order valence-electron chi connectivity index (χ2n) is 6.07. The molecule has 4 nitrogen and oxygen atoms in total. The number of methoxy groups -OCH3 is 1. The van der Waals surface area contributed by atoms with Crippen LogP contribution in [0.25, 0.3) is 0 Å². The minimum absolute atomic E-state index is 0.253. The zero-order valence-corrected chi connectivity index (χ0v) is 16.6. The lowest BCUT2D eigenvalue weighted by atomic mass is 10.1.